The lowest BCUT2D eigenvalue weighted by atomic mass is 10.2. The maximum atomic E-state index is 11.8. The fourth-order valence-electron chi connectivity index (χ4n) is 1.82. The van der Waals surface area contributed by atoms with Gasteiger partial charge in [-0.25, -0.2) is 0 Å². The molecule has 1 saturated heterocycles. The quantitative estimate of drug-likeness (QED) is 0.573. The summed E-state index contributed by atoms with van der Waals surface area (Å²) >= 11 is 9.76. The SMILES string of the molecule is CCCOc1cc(Br)c(/C=C2\SC(=S)NC2=O)cc1OCC. The van der Waals surface area contributed by atoms with Gasteiger partial charge in [0, 0.05) is 4.47 Å². The van der Waals surface area contributed by atoms with Gasteiger partial charge in [0.15, 0.2) is 11.5 Å². The van der Waals surface area contributed by atoms with E-state index < -0.39 is 0 Å². The van der Waals surface area contributed by atoms with Gasteiger partial charge < -0.3 is 14.8 Å². The topological polar surface area (TPSA) is 47.6 Å². The van der Waals surface area contributed by atoms with Gasteiger partial charge in [0.2, 0.25) is 0 Å². The van der Waals surface area contributed by atoms with Gasteiger partial charge in [-0.3, -0.25) is 4.79 Å². The number of amides is 1. The molecule has 1 aliphatic heterocycles. The molecule has 0 atom stereocenters. The van der Waals surface area contributed by atoms with Gasteiger partial charge in [0.1, 0.15) is 4.32 Å². The summed E-state index contributed by atoms with van der Waals surface area (Å²) in [4.78, 5) is 12.3. The van der Waals surface area contributed by atoms with E-state index >= 15 is 0 Å². The fraction of sp³-hybridized carbons (Fsp3) is 0.333. The van der Waals surface area contributed by atoms with Gasteiger partial charge in [-0.2, -0.15) is 0 Å². The van der Waals surface area contributed by atoms with E-state index in [1.807, 2.05) is 26.0 Å². The van der Waals surface area contributed by atoms with E-state index in [2.05, 4.69) is 21.2 Å². The summed E-state index contributed by atoms with van der Waals surface area (Å²) < 4.78 is 12.6. The second-order valence-corrected chi connectivity index (χ2v) is 7.03. The zero-order chi connectivity index (χ0) is 16.1. The van der Waals surface area contributed by atoms with Crippen LogP contribution in [-0.4, -0.2) is 23.4 Å². The zero-order valence-corrected chi connectivity index (χ0v) is 15.5. The number of thioether (sulfide) groups is 1. The van der Waals surface area contributed by atoms with Crippen LogP contribution in [0.1, 0.15) is 25.8 Å². The molecule has 4 nitrogen and oxygen atoms in total. The van der Waals surface area contributed by atoms with Crippen molar-refractivity contribution < 1.29 is 14.3 Å². The van der Waals surface area contributed by atoms with Gasteiger partial charge in [0.25, 0.3) is 5.91 Å². The summed E-state index contributed by atoms with van der Waals surface area (Å²) in [6.45, 7) is 5.13. The van der Waals surface area contributed by atoms with E-state index in [9.17, 15) is 4.79 Å². The molecule has 1 amide bonds. The van der Waals surface area contributed by atoms with E-state index in [1.54, 1.807) is 6.08 Å². The highest BCUT2D eigenvalue weighted by atomic mass is 79.9. The summed E-state index contributed by atoms with van der Waals surface area (Å²) in [5.74, 6) is 1.18. The first-order valence-corrected chi connectivity index (χ1v) is 8.91. The van der Waals surface area contributed by atoms with Crippen LogP contribution in [0.5, 0.6) is 11.5 Å². The average Bonchev–Trinajstić information content (AvgIpc) is 2.79. The Bertz CT molecular complexity index is 631. The molecule has 0 bridgehead atoms. The number of hydrogen-bond acceptors (Lipinski definition) is 5. The standard InChI is InChI=1S/C15H16BrNO3S2/c1-3-5-20-12-8-10(16)9(6-11(12)19-4-2)7-13-14(18)17-15(21)22-13/h6-8H,3-5H2,1-2H3,(H,17,18,21)/b13-7-. The number of carbonyl (C=O) groups excluding carboxylic acids is 1. The Morgan fingerprint density at radius 3 is 2.64 bits per heavy atom. The highest BCUT2D eigenvalue weighted by Gasteiger charge is 2.22. The number of benzene rings is 1. The molecule has 1 N–H and O–H groups in total. The lowest BCUT2D eigenvalue weighted by Crippen LogP contribution is -2.17. The van der Waals surface area contributed by atoms with E-state index in [0.717, 1.165) is 16.5 Å². The molecule has 0 unspecified atom stereocenters. The number of rotatable bonds is 6. The Labute approximate surface area is 147 Å². The summed E-state index contributed by atoms with van der Waals surface area (Å²) in [6, 6.07) is 3.73. The highest BCUT2D eigenvalue weighted by Crippen LogP contribution is 2.36. The van der Waals surface area contributed by atoms with Crippen molar-refractivity contribution in [3.8, 4) is 11.5 Å². The molecule has 1 fully saturated rings. The normalized spacial score (nSPS) is 16.0. The first kappa shape index (κ1) is 17.3. The van der Waals surface area contributed by atoms with E-state index in [4.69, 9.17) is 21.7 Å². The monoisotopic (exact) mass is 401 g/mol. The molecule has 0 spiro atoms. The molecule has 2 rings (SSSR count). The maximum absolute atomic E-state index is 11.8. The van der Waals surface area contributed by atoms with Crippen LogP contribution in [-0.2, 0) is 4.79 Å². The van der Waals surface area contributed by atoms with Crippen LogP contribution >= 0.6 is 39.9 Å². The second kappa shape index (κ2) is 7.99. The fourth-order valence-corrected chi connectivity index (χ4v) is 3.29. The lowest BCUT2D eigenvalue weighted by Gasteiger charge is -2.13. The summed E-state index contributed by atoms with van der Waals surface area (Å²) in [7, 11) is 0. The van der Waals surface area contributed by atoms with Crippen molar-refractivity contribution >= 4 is 56.2 Å². The molecule has 7 heteroatoms. The Morgan fingerprint density at radius 2 is 2.05 bits per heavy atom. The lowest BCUT2D eigenvalue weighted by molar-refractivity contribution is -0.115. The minimum Gasteiger partial charge on any atom is -0.490 e. The average molecular weight is 402 g/mol. The van der Waals surface area contributed by atoms with Crippen LogP contribution < -0.4 is 14.8 Å². The Kier molecular flexibility index (Phi) is 6.28. The van der Waals surface area contributed by atoms with Gasteiger partial charge >= 0.3 is 0 Å². The van der Waals surface area contributed by atoms with Crippen molar-refractivity contribution in [2.24, 2.45) is 0 Å². The molecular formula is C15H16BrNO3S2. The van der Waals surface area contributed by atoms with Gasteiger partial charge in [-0.05, 0) is 37.1 Å². The van der Waals surface area contributed by atoms with Gasteiger partial charge in [-0.15, -0.1) is 0 Å². The number of nitrogens with one attached hydrogen (secondary N) is 1. The molecule has 0 aliphatic carbocycles. The van der Waals surface area contributed by atoms with Crippen LogP contribution in [0.3, 0.4) is 0 Å². The first-order valence-electron chi connectivity index (χ1n) is 6.89. The Hall–Kier alpha value is -1.05. The number of carbonyl (C=O) groups is 1. The van der Waals surface area contributed by atoms with Crippen LogP contribution in [0, 0.1) is 0 Å². The Morgan fingerprint density at radius 1 is 1.32 bits per heavy atom. The Balaban J connectivity index is 2.36. The maximum Gasteiger partial charge on any atom is 0.263 e. The van der Waals surface area contributed by atoms with Crippen molar-refractivity contribution in [2.75, 3.05) is 13.2 Å². The highest BCUT2D eigenvalue weighted by molar-refractivity contribution is 9.10. The molecule has 1 aromatic carbocycles. The number of ether oxygens (including phenoxy) is 2. The van der Waals surface area contributed by atoms with Crippen LogP contribution in [0.2, 0.25) is 0 Å². The predicted octanol–water partition coefficient (Wildman–Crippen LogP) is 4.13. The smallest absolute Gasteiger partial charge is 0.263 e. The molecule has 22 heavy (non-hydrogen) atoms. The summed E-state index contributed by atoms with van der Waals surface area (Å²) in [5.41, 5.74) is 0.842. The summed E-state index contributed by atoms with van der Waals surface area (Å²) in [5, 5.41) is 2.60. The molecule has 0 aromatic heterocycles. The van der Waals surface area contributed by atoms with Crippen molar-refractivity contribution in [1.82, 2.24) is 5.32 Å². The third kappa shape index (κ3) is 4.24. The molecule has 0 saturated carbocycles. The largest absolute Gasteiger partial charge is 0.490 e. The number of hydrogen-bond donors (Lipinski definition) is 1. The van der Waals surface area contributed by atoms with Crippen molar-refractivity contribution in [3.05, 3.63) is 27.1 Å². The van der Waals surface area contributed by atoms with Crippen LogP contribution in [0.15, 0.2) is 21.5 Å². The first-order chi connectivity index (χ1) is 10.5. The van der Waals surface area contributed by atoms with Gasteiger partial charge in [-0.1, -0.05) is 46.8 Å². The zero-order valence-electron chi connectivity index (χ0n) is 12.3. The molecular weight excluding hydrogens is 386 g/mol. The minimum absolute atomic E-state index is 0.175. The number of halogens is 1. The predicted molar refractivity (Wildman–Crippen MR) is 97.4 cm³/mol. The number of thiocarbonyl (C=S) groups is 1. The van der Waals surface area contributed by atoms with Crippen LogP contribution in [0.25, 0.3) is 6.08 Å². The molecule has 1 aromatic rings. The third-order valence-electron chi connectivity index (χ3n) is 2.75. The van der Waals surface area contributed by atoms with Crippen LogP contribution in [0.4, 0.5) is 0 Å². The second-order valence-electron chi connectivity index (χ2n) is 4.45. The van der Waals surface area contributed by atoms with Gasteiger partial charge in [0.05, 0.1) is 18.1 Å². The molecule has 118 valence electrons. The molecule has 1 heterocycles. The molecule has 0 radical (unpaired) electrons. The van der Waals surface area contributed by atoms with Crippen molar-refractivity contribution in [1.29, 1.82) is 0 Å². The molecule has 1 aliphatic rings. The minimum atomic E-state index is -0.175. The van der Waals surface area contributed by atoms with E-state index in [0.29, 0.717) is 33.9 Å². The van der Waals surface area contributed by atoms with E-state index in [1.165, 1.54) is 11.8 Å². The summed E-state index contributed by atoms with van der Waals surface area (Å²) in [6.07, 6.45) is 2.71. The van der Waals surface area contributed by atoms with E-state index in [-0.39, 0.29) is 5.91 Å². The van der Waals surface area contributed by atoms with Crippen molar-refractivity contribution in [3.63, 3.8) is 0 Å². The third-order valence-corrected chi connectivity index (χ3v) is 4.60. The van der Waals surface area contributed by atoms with Crippen molar-refractivity contribution in [2.45, 2.75) is 20.3 Å².